The summed E-state index contributed by atoms with van der Waals surface area (Å²) in [5.74, 6) is 0.911. The molecule has 160 valence electrons. The van der Waals surface area contributed by atoms with Crippen molar-refractivity contribution in [1.29, 1.82) is 5.26 Å². The molecule has 1 saturated carbocycles. The predicted octanol–water partition coefficient (Wildman–Crippen LogP) is 6.40. The van der Waals surface area contributed by atoms with E-state index in [1.165, 1.54) is 0 Å². The first kappa shape index (κ1) is 21.4. The Kier molecular flexibility index (Phi) is 6.09. The summed E-state index contributed by atoms with van der Waals surface area (Å²) in [6.07, 6.45) is 1.91. The Morgan fingerprint density at radius 2 is 1.62 bits per heavy atom. The van der Waals surface area contributed by atoms with Crippen LogP contribution in [0.25, 0.3) is 5.57 Å². The molecule has 32 heavy (non-hydrogen) atoms. The summed E-state index contributed by atoms with van der Waals surface area (Å²) in [7, 11) is 0. The third kappa shape index (κ3) is 4.73. The Morgan fingerprint density at radius 3 is 2.31 bits per heavy atom. The van der Waals surface area contributed by atoms with Gasteiger partial charge in [-0.25, -0.2) is 0 Å². The quantitative estimate of drug-likeness (QED) is 0.326. The number of esters is 1. The molecule has 2 unspecified atom stereocenters. The Labute approximate surface area is 188 Å². The summed E-state index contributed by atoms with van der Waals surface area (Å²) in [6, 6.07) is 28.9. The largest absolute Gasteiger partial charge is 0.461 e. The number of para-hydroxylation sites is 1. The minimum Gasteiger partial charge on any atom is -0.461 e. The number of rotatable bonds is 7. The minimum absolute atomic E-state index is 0.0300. The van der Waals surface area contributed by atoms with E-state index in [1.807, 2.05) is 105 Å². The Bertz CT molecular complexity index is 1160. The molecule has 1 aliphatic rings. The Hall–Kier alpha value is -3.84. The number of hydrogen-bond donors (Lipinski definition) is 0. The van der Waals surface area contributed by atoms with E-state index in [0.717, 1.165) is 16.9 Å². The van der Waals surface area contributed by atoms with E-state index >= 15 is 0 Å². The monoisotopic (exact) mass is 423 g/mol. The van der Waals surface area contributed by atoms with Crippen LogP contribution in [0.2, 0.25) is 0 Å². The molecule has 0 heterocycles. The van der Waals surface area contributed by atoms with Gasteiger partial charge in [-0.3, -0.25) is 4.79 Å². The molecule has 0 saturated heterocycles. The molecule has 4 heteroatoms. The van der Waals surface area contributed by atoms with E-state index in [-0.39, 0.29) is 29.8 Å². The van der Waals surface area contributed by atoms with Gasteiger partial charge in [-0.1, -0.05) is 80.6 Å². The molecule has 4 rings (SSSR count). The molecular weight excluding hydrogens is 398 g/mol. The fourth-order valence-corrected chi connectivity index (χ4v) is 4.00. The SMILES string of the molecule is CC1(C)C(/C=C(\C#N)c2ccccc2)C1C(=O)OCc1cccc(Oc2ccccc2)c1. The highest BCUT2D eigenvalue weighted by Crippen LogP contribution is 2.60. The van der Waals surface area contributed by atoms with Crippen molar-refractivity contribution in [2.24, 2.45) is 17.3 Å². The van der Waals surface area contributed by atoms with Crippen LogP contribution in [0.1, 0.15) is 25.0 Å². The smallest absolute Gasteiger partial charge is 0.310 e. The van der Waals surface area contributed by atoms with Gasteiger partial charge in [0.1, 0.15) is 18.1 Å². The molecule has 2 atom stereocenters. The second-order valence-electron chi connectivity index (χ2n) is 8.55. The Morgan fingerprint density at radius 1 is 0.969 bits per heavy atom. The van der Waals surface area contributed by atoms with E-state index in [1.54, 1.807) is 0 Å². The average Bonchev–Trinajstić information content (AvgIpc) is 3.37. The predicted molar refractivity (Wildman–Crippen MR) is 124 cm³/mol. The lowest BCUT2D eigenvalue weighted by molar-refractivity contribution is -0.147. The number of benzene rings is 3. The van der Waals surface area contributed by atoms with Gasteiger partial charge in [0.15, 0.2) is 0 Å². The van der Waals surface area contributed by atoms with Gasteiger partial charge in [0.25, 0.3) is 0 Å². The maximum absolute atomic E-state index is 12.8. The molecule has 1 fully saturated rings. The number of carbonyl (C=O) groups is 1. The third-order valence-electron chi connectivity index (χ3n) is 5.97. The third-order valence-corrected chi connectivity index (χ3v) is 5.97. The van der Waals surface area contributed by atoms with Crippen LogP contribution < -0.4 is 4.74 Å². The van der Waals surface area contributed by atoms with Crippen LogP contribution in [0.5, 0.6) is 11.5 Å². The zero-order valence-electron chi connectivity index (χ0n) is 18.2. The van der Waals surface area contributed by atoms with Gasteiger partial charge < -0.3 is 9.47 Å². The average molecular weight is 424 g/mol. The number of nitriles is 1. The van der Waals surface area contributed by atoms with E-state index in [4.69, 9.17) is 9.47 Å². The van der Waals surface area contributed by atoms with Gasteiger partial charge in [-0.2, -0.15) is 5.26 Å². The number of carbonyl (C=O) groups excluding carboxylic acids is 1. The van der Waals surface area contributed by atoms with Crippen LogP contribution in [0.15, 0.2) is 91.0 Å². The topological polar surface area (TPSA) is 59.3 Å². The normalized spacial score (nSPS) is 19.0. The van der Waals surface area contributed by atoms with Crippen molar-refractivity contribution in [3.63, 3.8) is 0 Å². The van der Waals surface area contributed by atoms with Crippen molar-refractivity contribution in [3.05, 3.63) is 102 Å². The summed E-state index contributed by atoms with van der Waals surface area (Å²) < 4.78 is 11.5. The summed E-state index contributed by atoms with van der Waals surface area (Å²) in [5, 5.41) is 9.59. The fraction of sp³-hybridized carbons (Fsp3) is 0.214. The second kappa shape index (κ2) is 9.11. The van der Waals surface area contributed by atoms with Crippen molar-refractivity contribution < 1.29 is 14.3 Å². The van der Waals surface area contributed by atoms with Crippen LogP contribution in [-0.4, -0.2) is 5.97 Å². The van der Waals surface area contributed by atoms with Crippen LogP contribution >= 0.6 is 0 Å². The molecule has 3 aromatic carbocycles. The van der Waals surface area contributed by atoms with Gasteiger partial charge >= 0.3 is 5.97 Å². The van der Waals surface area contributed by atoms with Gasteiger partial charge in [-0.15, -0.1) is 0 Å². The van der Waals surface area contributed by atoms with Crippen LogP contribution in [0.3, 0.4) is 0 Å². The lowest BCUT2D eigenvalue weighted by Crippen LogP contribution is -2.10. The number of ether oxygens (including phenoxy) is 2. The summed E-state index contributed by atoms with van der Waals surface area (Å²) in [4.78, 5) is 12.8. The van der Waals surface area contributed by atoms with Gasteiger partial charge in [0.05, 0.1) is 17.6 Å². The number of allylic oxidation sites excluding steroid dienone is 2. The van der Waals surface area contributed by atoms with Crippen LogP contribution in [-0.2, 0) is 16.1 Å². The highest BCUT2D eigenvalue weighted by molar-refractivity contribution is 5.82. The van der Waals surface area contributed by atoms with E-state index in [2.05, 4.69) is 6.07 Å². The molecule has 4 nitrogen and oxygen atoms in total. The van der Waals surface area contributed by atoms with Crippen molar-refractivity contribution in [2.45, 2.75) is 20.5 Å². The van der Waals surface area contributed by atoms with Crippen molar-refractivity contribution in [3.8, 4) is 17.6 Å². The lowest BCUT2D eigenvalue weighted by atomic mass is 10.0. The zero-order valence-corrected chi connectivity index (χ0v) is 18.2. The molecular formula is C28H25NO3. The first-order chi connectivity index (χ1) is 15.5. The first-order valence-electron chi connectivity index (χ1n) is 10.6. The molecule has 0 N–H and O–H groups in total. The molecule has 3 aromatic rings. The van der Waals surface area contributed by atoms with Gasteiger partial charge in [-0.05, 0) is 46.7 Å². The van der Waals surface area contributed by atoms with Crippen molar-refractivity contribution >= 4 is 11.5 Å². The van der Waals surface area contributed by atoms with Crippen LogP contribution in [0.4, 0.5) is 0 Å². The molecule has 0 spiro atoms. The maximum atomic E-state index is 12.8. The molecule has 0 amide bonds. The van der Waals surface area contributed by atoms with Gasteiger partial charge in [0.2, 0.25) is 0 Å². The highest BCUT2D eigenvalue weighted by Gasteiger charge is 2.61. The van der Waals surface area contributed by atoms with Crippen molar-refractivity contribution in [2.75, 3.05) is 0 Å². The van der Waals surface area contributed by atoms with Gasteiger partial charge in [0, 0.05) is 0 Å². The minimum atomic E-state index is -0.265. The zero-order chi connectivity index (χ0) is 22.6. The van der Waals surface area contributed by atoms with Crippen LogP contribution in [0, 0.1) is 28.6 Å². The lowest BCUT2D eigenvalue weighted by Gasteiger charge is -2.09. The standard InChI is InChI=1S/C28H25NO3/c1-28(2)25(17-22(18-29)21-11-5-3-6-12-21)26(28)27(30)31-19-20-10-9-15-24(16-20)32-23-13-7-4-8-14-23/h3-17,25-26H,19H2,1-2H3/b22-17+. The summed E-state index contributed by atoms with van der Waals surface area (Å²) in [5.41, 5.74) is 2.07. The Balaban J connectivity index is 1.40. The van der Waals surface area contributed by atoms with Crippen molar-refractivity contribution in [1.82, 2.24) is 0 Å². The molecule has 0 bridgehead atoms. The summed E-state index contributed by atoms with van der Waals surface area (Å²) >= 11 is 0. The van der Waals surface area contributed by atoms with E-state index in [9.17, 15) is 10.1 Å². The molecule has 0 aromatic heterocycles. The second-order valence-corrected chi connectivity index (χ2v) is 8.55. The summed E-state index contributed by atoms with van der Waals surface area (Å²) in [6.45, 7) is 4.25. The molecule has 1 aliphatic carbocycles. The number of nitrogens with zero attached hydrogens (tertiary/aromatic N) is 1. The van der Waals surface area contributed by atoms with E-state index < -0.39 is 0 Å². The number of hydrogen-bond acceptors (Lipinski definition) is 4. The highest BCUT2D eigenvalue weighted by atomic mass is 16.5. The molecule has 0 radical (unpaired) electrons. The van der Waals surface area contributed by atoms with E-state index in [0.29, 0.717) is 11.3 Å². The fourth-order valence-electron chi connectivity index (χ4n) is 4.00. The molecule has 0 aliphatic heterocycles. The maximum Gasteiger partial charge on any atom is 0.310 e. The first-order valence-corrected chi connectivity index (χ1v) is 10.6.